The molecule has 0 amide bonds. The summed E-state index contributed by atoms with van der Waals surface area (Å²) in [6.07, 6.45) is 1.04. The van der Waals surface area contributed by atoms with Gasteiger partial charge in [-0.15, -0.1) is 0 Å². The Morgan fingerprint density at radius 1 is 1.07 bits per heavy atom. The number of carboxylic acid groups (broad SMARTS) is 1. The summed E-state index contributed by atoms with van der Waals surface area (Å²) in [5.74, 6) is -0.698. The van der Waals surface area contributed by atoms with Gasteiger partial charge < -0.3 is 24.9 Å². The third kappa shape index (κ3) is 12.4. The van der Waals surface area contributed by atoms with Crippen molar-refractivity contribution in [2.75, 3.05) is 5.75 Å². The fraction of sp³-hybridized carbons (Fsp3) is 0.955. The van der Waals surface area contributed by atoms with Crippen LogP contribution in [0.3, 0.4) is 0 Å². The van der Waals surface area contributed by atoms with Gasteiger partial charge in [0.1, 0.15) is 6.10 Å². The third-order valence-electron chi connectivity index (χ3n) is 5.83. The largest absolute Gasteiger partial charge is 1.00 e. The van der Waals surface area contributed by atoms with Gasteiger partial charge >= 0.3 is 29.6 Å². The fourth-order valence-electron chi connectivity index (χ4n) is 3.43. The Labute approximate surface area is 207 Å². The van der Waals surface area contributed by atoms with E-state index in [1.165, 1.54) is 0 Å². The van der Waals surface area contributed by atoms with Gasteiger partial charge in [0.2, 0.25) is 0 Å². The number of ether oxygens (including phenoxy) is 1. The number of hydrogen-bond acceptors (Lipinski definition) is 6. The van der Waals surface area contributed by atoms with E-state index in [1.54, 1.807) is 0 Å². The zero-order valence-electron chi connectivity index (χ0n) is 20.5. The van der Waals surface area contributed by atoms with Crippen LogP contribution in [0.15, 0.2) is 0 Å². The van der Waals surface area contributed by atoms with Gasteiger partial charge in [0.05, 0.1) is 18.3 Å². The smallest absolute Gasteiger partial charge is 0.550 e. The molecule has 0 aromatic carbocycles. The molecule has 0 radical (unpaired) electrons. The summed E-state index contributed by atoms with van der Waals surface area (Å²) in [6.45, 7) is 19.0. The normalized spacial score (nSPS) is 26.8. The minimum atomic E-state index is -1.04. The SMILES string of the molecule is CC.CCC(C)(C)CC1OC(C)C(C(C)(C)CC)C(O)C1O.O=C([O-])CCS.[Na+]. The molecule has 29 heavy (non-hydrogen) atoms. The van der Waals surface area contributed by atoms with Crippen molar-refractivity contribution in [1.82, 2.24) is 0 Å². The van der Waals surface area contributed by atoms with Crippen molar-refractivity contribution in [2.45, 2.75) is 112 Å². The molecular weight excluding hydrogens is 399 g/mol. The summed E-state index contributed by atoms with van der Waals surface area (Å²) >= 11 is 3.64. The molecule has 7 heteroatoms. The third-order valence-corrected chi connectivity index (χ3v) is 6.06. The standard InChI is InChI=1S/C17H34O3.C3H6O2S.C2H6.Na/c1-8-16(4,5)10-12-14(18)15(19)13(11(3)20-12)17(6,7)9-2;4-3(5)1-2-6;1-2;/h11-15,18-19H,8-10H2,1-7H3;6H,1-2H2,(H,4,5);1-2H3;/q;;;+1/p-1. The zero-order valence-corrected chi connectivity index (χ0v) is 23.4. The van der Waals surface area contributed by atoms with Crippen molar-refractivity contribution in [3.63, 3.8) is 0 Å². The molecule has 0 aromatic rings. The molecule has 1 aliphatic heterocycles. The number of carboxylic acids is 1. The molecular formula is C22H45NaO5S. The maximum atomic E-state index is 10.6. The van der Waals surface area contributed by atoms with E-state index in [0.29, 0.717) is 5.75 Å². The molecule has 0 spiro atoms. The second-order valence-corrected chi connectivity index (χ2v) is 9.24. The minimum Gasteiger partial charge on any atom is -0.550 e. The molecule has 0 aromatic heterocycles. The van der Waals surface area contributed by atoms with Gasteiger partial charge in [0.25, 0.3) is 0 Å². The van der Waals surface area contributed by atoms with Gasteiger partial charge in [0.15, 0.2) is 0 Å². The Bertz CT molecular complexity index is 429. The molecule has 1 rings (SSSR count). The van der Waals surface area contributed by atoms with Crippen LogP contribution in [0.1, 0.15) is 88.0 Å². The summed E-state index contributed by atoms with van der Waals surface area (Å²) in [4.78, 5) is 9.44. The number of thiol groups is 1. The van der Waals surface area contributed by atoms with E-state index in [4.69, 9.17) is 4.74 Å². The van der Waals surface area contributed by atoms with Crippen molar-refractivity contribution >= 4 is 18.6 Å². The minimum absolute atomic E-state index is 0. The van der Waals surface area contributed by atoms with Gasteiger partial charge in [-0.2, -0.15) is 12.6 Å². The van der Waals surface area contributed by atoms with Crippen molar-refractivity contribution in [1.29, 1.82) is 0 Å². The van der Waals surface area contributed by atoms with Crippen molar-refractivity contribution in [3.8, 4) is 0 Å². The first kappa shape index (κ1) is 34.3. The van der Waals surface area contributed by atoms with E-state index in [9.17, 15) is 20.1 Å². The van der Waals surface area contributed by atoms with Crippen LogP contribution in [0, 0.1) is 16.7 Å². The maximum Gasteiger partial charge on any atom is 1.00 e. The second kappa shape index (κ2) is 16.3. The second-order valence-electron chi connectivity index (χ2n) is 8.80. The maximum absolute atomic E-state index is 10.6. The van der Waals surface area contributed by atoms with E-state index in [1.807, 2.05) is 20.8 Å². The molecule has 1 fully saturated rings. The number of aliphatic hydroxyl groups excluding tert-OH is 2. The molecule has 2 N–H and O–H groups in total. The van der Waals surface area contributed by atoms with Gasteiger partial charge in [-0.3, -0.25) is 0 Å². The van der Waals surface area contributed by atoms with Crippen molar-refractivity contribution in [2.24, 2.45) is 16.7 Å². The van der Waals surface area contributed by atoms with Crippen molar-refractivity contribution < 1.29 is 54.4 Å². The molecule has 5 nitrogen and oxygen atoms in total. The van der Waals surface area contributed by atoms with E-state index in [-0.39, 0.29) is 64.9 Å². The van der Waals surface area contributed by atoms with E-state index in [2.05, 4.69) is 54.2 Å². The average Bonchev–Trinajstić information content (AvgIpc) is 2.61. The van der Waals surface area contributed by atoms with Crippen LogP contribution in [0.5, 0.6) is 0 Å². The molecule has 5 atom stereocenters. The van der Waals surface area contributed by atoms with Crippen LogP contribution in [-0.4, -0.2) is 46.4 Å². The molecule has 1 saturated heterocycles. The van der Waals surface area contributed by atoms with Crippen LogP contribution in [0.2, 0.25) is 0 Å². The molecule has 1 aliphatic rings. The monoisotopic (exact) mass is 444 g/mol. The van der Waals surface area contributed by atoms with Crippen LogP contribution < -0.4 is 34.7 Å². The topological polar surface area (TPSA) is 89.8 Å². The molecule has 170 valence electrons. The van der Waals surface area contributed by atoms with Gasteiger partial charge in [-0.1, -0.05) is 68.2 Å². The van der Waals surface area contributed by atoms with Gasteiger partial charge in [0, 0.05) is 11.9 Å². The van der Waals surface area contributed by atoms with Gasteiger partial charge in [-0.05, 0) is 36.3 Å². The Hall–Kier alpha value is 0.700. The average molecular weight is 445 g/mol. The zero-order chi connectivity index (χ0) is 22.7. The first-order chi connectivity index (χ1) is 12.8. The predicted octanol–water partition coefficient (Wildman–Crippen LogP) is 0.461. The molecule has 5 unspecified atom stereocenters. The molecule has 0 bridgehead atoms. The van der Waals surface area contributed by atoms with E-state index < -0.39 is 18.2 Å². The number of carbonyl (C=O) groups is 1. The Morgan fingerprint density at radius 3 is 1.86 bits per heavy atom. The summed E-state index contributed by atoms with van der Waals surface area (Å²) in [5.41, 5.74) is 0.0866. The quantitative estimate of drug-likeness (QED) is 0.392. The Kier molecular flexibility index (Phi) is 19.3. The van der Waals surface area contributed by atoms with E-state index in [0.717, 1.165) is 19.3 Å². The summed E-state index contributed by atoms with van der Waals surface area (Å²) < 4.78 is 6.10. The first-order valence-corrected chi connectivity index (χ1v) is 11.3. The molecule has 0 aliphatic carbocycles. The van der Waals surface area contributed by atoms with Crippen LogP contribution >= 0.6 is 12.6 Å². The van der Waals surface area contributed by atoms with Crippen molar-refractivity contribution in [3.05, 3.63) is 0 Å². The predicted molar refractivity (Wildman–Crippen MR) is 117 cm³/mol. The van der Waals surface area contributed by atoms with Gasteiger partial charge in [-0.25, -0.2) is 0 Å². The van der Waals surface area contributed by atoms with Crippen LogP contribution in [0.25, 0.3) is 0 Å². The summed E-state index contributed by atoms with van der Waals surface area (Å²) in [6, 6.07) is 0. The first-order valence-electron chi connectivity index (χ1n) is 10.6. The van der Waals surface area contributed by atoms with Crippen LogP contribution in [0.4, 0.5) is 0 Å². The Morgan fingerprint density at radius 2 is 1.55 bits per heavy atom. The number of aliphatic hydroxyl groups is 2. The Balaban J connectivity index is -0.000000644. The molecule has 1 heterocycles. The fourth-order valence-corrected chi connectivity index (χ4v) is 3.62. The van der Waals surface area contributed by atoms with E-state index >= 15 is 0 Å². The number of rotatable bonds is 7. The van der Waals surface area contributed by atoms with Crippen LogP contribution in [-0.2, 0) is 9.53 Å². The number of hydrogen-bond donors (Lipinski definition) is 3. The number of aliphatic carboxylic acids is 1. The summed E-state index contributed by atoms with van der Waals surface area (Å²) in [5, 5.41) is 30.5. The summed E-state index contributed by atoms with van der Waals surface area (Å²) in [7, 11) is 0. The molecule has 0 saturated carbocycles. The number of carbonyl (C=O) groups excluding carboxylic acids is 1.